The highest BCUT2D eigenvalue weighted by Gasteiger charge is 2.22. The van der Waals surface area contributed by atoms with Crippen molar-refractivity contribution < 1.29 is 4.79 Å². The zero-order chi connectivity index (χ0) is 15.2. The third-order valence-electron chi connectivity index (χ3n) is 4.44. The first kappa shape index (κ1) is 16.0. The molecule has 0 radical (unpaired) electrons. The van der Waals surface area contributed by atoms with Gasteiger partial charge in [0.15, 0.2) is 0 Å². The molecule has 3 nitrogen and oxygen atoms in total. The van der Waals surface area contributed by atoms with Crippen LogP contribution in [0.15, 0.2) is 24.3 Å². The summed E-state index contributed by atoms with van der Waals surface area (Å²) < 4.78 is 0. The monoisotopic (exact) mass is 288 g/mol. The molecular weight excluding hydrogens is 260 g/mol. The topological polar surface area (TPSA) is 32.3 Å². The maximum Gasteiger partial charge on any atom is 0.234 e. The Hall–Kier alpha value is -1.35. The summed E-state index contributed by atoms with van der Waals surface area (Å²) in [5.41, 5.74) is 2.52. The fraction of sp³-hybridized carbons (Fsp3) is 0.611. The molecule has 1 aliphatic rings. The van der Waals surface area contributed by atoms with Gasteiger partial charge in [0.25, 0.3) is 0 Å². The average molecular weight is 288 g/mol. The predicted molar refractivity (Wildman–Crippen MR) is 87.1 cm³/mol. The lowest BCUT2D eigenvalue weighted by Crippen LogP contribution is -2.44. The normalized spacial score (nSPS) is 22.3. The minimum Gasteiger partial charge on any atom is -0.352 e. The largest absolute Gasteiger partial charge is 0.352 e. The summed E-state index contributed by atoms with van der Waals surface area (Å²) in [5, 5.41) is 3.21. The third kappa shape index (κ3) is 5.16. The molecule has 0 unspecified atom stereocenters. The number of rotatable bonds is 5. The molecule has 1 fully saturated rings. The second-order valence-electron chi connectivity index (χ2n) is 6.59. The van der Waals surface area contributed by atoms with Gasteiger partial charge < -0.3 is 5.32 Å². The summed E-state index contributed by atoms with van der Waals surface area (Å²) >= 11 is 0. The van der Waals surface area contributed by atoms with E-state index in [4.69, 9.17) is 0 Å². The lowest BCUT2D eigenvalue weighted by atomic mass is 9.86. The van der Waals surface area contributed by atoms with Crippen LogP contribution in [0.25, 0.3) is 0 Å². The zero-order valence-electron chi connectivity index (χ0n) is 13.6. The van der Waals surface area contributed by atoms with E-state index in [0.717, 1.165) is 13.0 Å². The Bertz CT molecular complexity index is 455. The van der Waals surface area contributed by atoms with Crippen molar-refractivity contribution in [3.8, 4) is 0 Å². The SMILES string of the molecule is Cc1ccc(CN(C)CC(=O)N[C@@H]2CCCC[C@@H]2C)cc1. The van der Waals surface area contributed by atoms with Crippen LogP contribution in [0.4, 0.5) is 0 Å². The lowest BCUT2D eigenvalue weighted by Gasteiger charge is -2.30. The van der Waals surface area contributed by atoms with Crippen molar-refractivity contribution in [1.82, 2.24) is 10.2 Å². The van der Waals surface area contributed by atoms with Crippen molar-refractivity contribution in [2.24, 2.45) is 5.92 Å². The van der Waals surface area contributed by atoms with E-state index in [1.807, 2.05) is 7.05 Å². The van der Waals surface area contributed by atoms with E-state index in [1.54, 1.807) is 0 Å². The summed E-state index contributed by atoms with van der Waals surface area (Å²) in [6.07, 6.45) is 4.92. The molecule has 0 aromatic heterocycles. The molecule has 0 aliphatic heterocycles. The van der Waals surface area contributed by atoms with Crippen LogP contribution in [-0.4, -0.2) is 30.4 Å². The third-order valence-corrected chi connectivity index (χ3v) is 4.44. The van der Waals surface area contributed by atoms with E-state index in [1.165, 1.54) is 30.4 Å². The molecule has 0 heterocycles. The van der Waals surface area contributed by atoms with Crippen molar-refractivity contribution in [2.45, 2.75) is 52.1 Å². The van der Waals surface area contributed by atoms with Gasteiger partial charge in [-0.3, -0.25) is 9.69 Å². The van der Waals surface area contributed by atoms with E-state index in [-0.39, 0.29) is 5.91 Å². The first-order chi connectivity index (χ1) is 10.0. The van der Waals surface area contributed by atoms with Crippen LogP contribution in [-0.2, 0) is 11.3 Å². The number of nitrogens with zero attached hydrogens (tertiary/aromatic N) is 1. The molecule has 2 atom stereocenters. The van der Waals surface area contributed by atoms with Gasteiger partial charge in [0.2, 0.25) is 5.91 Å². The molecule has 0 bridgehead atoms. The highest BCUT2D eigenvalue weighted by Crippen LogP contribution is 2.23. The van der Waals surface area contributed by atoms with Crippen LogP contribution in [0.2, 0.25) is 0 Å². The number of amides is 1. The van der Waals surface area contributed by atoms with Crippen molar-refractivity contribution in [3.63, 3.8) is 0 Å². The van der Waals surface area contributed by atoms with Gasteiger partial charge in [-0.05, 0) is 38.3 Å². The molecule has 1 N–H and O–H groups in total. The lowest BCUT2D eigenvalue weighted by molar-refractivity contribution is -0.123. The Morgan fingerprint density at radius 3 is 2.57 bits per heavy atom. The maximum atomic E-state index is 12.2. The van der Waals surface area contributed by atoms with Crippen molar-refractivity contribution >= 4 is 5.91 Å². The van der Waals surface area contributed by atoms with Gasteiger partial charge in [0, 0.05) is 12.6 Å². The molecule has 3 heteroatoms. The minimum atomic E-state index is 0.156. The Kier molecular flexibility index (Phi) is 5.80. The fourth-order valence-electron chi connectivity index (χ4n) is 3.09. The molecule has 0 spiro atoms. The Balaban J connectivity index is 1.77. The summed E-state index contributed by atoms with van der Waals surface area (Å²) in [7, 11) is 2.00. The van der Waals surface area contributed by atoms with Gasteiger partial charge >= 0.3 is 0 Å². The van der Waals surface area contributed by atoms with Crippen LogP contribution in [0.5, 0.6) is 0 Å². The molecule has 1 aromatic rings. The van der Waals surface area contributed by atoms with Crippen molar-refractivity contribution in [3.05, 3.63) is 35.4 Å². The molecule has 2 rings (SSSR count). The van der Waals surface area contributed by atoms with Crippen LogP contribution in [0.3, 0.4) is 0 Å². The number of hydrogen-bond donors (Lipinski definition) is 1. The second-order valence-corrected chi connectivity index (χ2v) is 6.59. The van der Waals surface area contributed by atoms with Gasteiger partial charge in [0.05, 0.1) is 6.54 Å². The molecule has 1 aliphatic carbocycles. The van der Waals surface area contributed by atoms with Gasteiger partial charge in [-0.15, -0.1) is 0 Å². The second kappa shape index (κ2) is 7.60. The standard InChI is InChI=1S/C18H28N2O/c1-14-8-10-16(11-9-14)12-20(3)13-18(21)19-17-7-5-4-6-15(17)2/h8-11,15,17H,4-7,12-13H2,1-3H3,(H,19,21)/t15-,17+/m0/s1. The number of likely N-dealkylation sites (N-methyl/N-ethyl adjacent to an activating group) is 1. The molecule has 0 saturated heterocycles. The van der Waals surface area contributed by atoms with Crippen LogP contribution in [0, 0.1) is 12.8 Å². The molecule has 1 saturated carbocycles. The Morgan fingerprint density at radius 2 is 1.90 bits per heavy atom. The molecule has 21 heavy (non-hydrogen) atoms. The van der Waals surface area contributed by atoms with E-state index in [0.29, 0.717) is 18.5 Å². The zero-order valence-corrected chi connectivity index (χ0v) is 13.6. The van der Waals surface area contributed by atoms with Gasteiger partial charge in [-0.1, -0.05) is 49.6 Å². The number of carbonyl (C=O) groups is 1. The summed E-state index contributed by atoms with van der Waals surface area (Å²) in [4.78, 5) is 14.2. The summed E-state index contributed by atoms with van der Waals surface area (Å²) in [5.74, 6) is 0.772. The highest BCUT2D eigenvalue weighted by molar-refractivity contribution is 5.78. The molecular formula is C18H28N2O. The van der Waals surface area contributed by atoms with E-state index >= 15 is 0 Å². The van der Waals surface area contributed by atoms with Crippen LogP contribution >= 0.6 is 0 Å². The van der Waals surface area contributed by atoms with E-state index in [2.05, 4.69) is 48.3 Å². The minimum absolute atomic E-state index is 0.156. The van der Waals surface area contributed by atoms with E-state index in [9.17, 15) is 4.79 Å². The maximum absolute atomic E-state index is 12.2. The number of aryl methyl sites for hydroxylation is 1. The van der Waals surface area contributed by atoms with Gasteiger partial charge in [-0.25, -0.2) is 0 Å². The molecule has 1 aromatic carbocycles. The average Bonchev–Trinajstić information content (AvgIpc) is 2.44. The Morgan fingerprint density at radius 1 is 1.24 bits per heavy atom. The van der Waals surface area contributed by atoms with Crippen LogP contribution in [0.1, 0.15) is 43.7 Å². The van der Waals surface area contributed by atoms with Crippen molar-refractivity contribution in [2.75, 3.05) is 13.6 Å². The van der Waals surface area contributed by atoms with E-state index < -0.39 is 0 Å². The predicted octanol–water partition coefficient (Wildman–Crippen LogP) is 3.12. The van der Waals surface area contributed by atoms with Crippen LogP contribution < -0.4 is 5.32 Å². The Labute approximate surface area is 128 Å². The molecule has 1 amide bonds. The number of hydrogen-bond acceptors (Lipinski definition) is 2. The first-order valence-corrected chi connectivity index (χ1v) is 8.08. The number of carbonyl (C=O) groups excluding carboxylic acids is 1. The highest BCUT2D eigenvalue weighted by atomic mass is 16.2. The van der Waals surface area contributed by atoms with Crippen molar-refractivity contribution in [1.29, 1.82) is 0 Å². The fourth-order valence-corrected chi connectivity index (χ4v) is 3.09. The number of benzene rings is 1. The quantitative estimate of drug-likeness (QED) is 0.903. The smallest absolute Gasteiger partial charge is 0.234 e. The van der Waals surface area contributed by atoms with Gasteiger partial charge in [0.1, 0.15) is 0 Å². The number of nitrogens with one attached hydrogen (secondary N) is 1. The first-order valence-electron chi connectivity index (χ1n) is 8.08. The molecule has 116 valence electrons. The van der Waals surface area contributed by atoms with Gasteiger partial charge in [-0.2, -0.15) is 0 Å². The summed E-state index contributed by atoms with van der Waals surface area (Å²) in [6, 6.07) is 8.87. The summed E-state index contributed by atoms with van der Waals surface area (Å²) in [6.45, 7) is 5.62.